The van der Waals surface area contributed by atoms with Gasteiger partial charge in [0.25, 0.3) is 0 Å². The van der Waals surface area contributed by atoms with Crippen LogP contribution in [-0.2, 0) is 0 Å². The van der Waals surface area contributed by atoms with Crippen molar-refractivity contribution in [1.82, 2.24) is 5.32 Å². The standard InChI is InChI=1S/C13H18N2O/c1-4-16-13-8-6-5-7-11(13)12(9-14)15-10(2)3/h5-8,10,12,15H,4H2,1-3H3. The zero-order chi connectivity index (χ0) is 12.0. The van der Waals surface area contributed by atoms with Crippen molar-refractivity contribution in [1.29, 1.82) is 5.26 Å². The molecule has 0 aliphatic heterocycles. The Kier molecular flexibility index (Phi) is 4.81. The Morgan fingerprint density at radius 2 is 2.06 bits per heavy atom. The van der Waals surface area contributed by atoms with E-state index in [9.17, 15) is 0 Å². The fourth-order valence-electron chi connectivity index (χ4n) is 1.54. The number of benzene rings is 1. The van der Waals surface area contributed by atoms with Gasteiger partial charge in [-0.15, -0.1) is 0 Å². The van der Waals surface area contributed by atoms with E-state index >= 15 is 0 Å². The topological polar surface area (TPSA) is 45.0 Å². The van der Waals surface area contributed by atoms with E-state index in [4.69, 9.17) is 10.00 Å². The average Bonchev–Trinajstić information content (AvgIpc) is 2.27. The zero-order valence-electron chi connectivity index (χ0n) is 10.0. The summed E-state index contributed by atoms with van der Waals surface area (Å²) in [6.07, 6.45) is 0. The van der Waals surface area contributed by atoms with Gasteiger partial charge >= 0.3 is 0 Å². The number of nitrogens with zero attached hydrogens (tertiary/aromatic N) is 1. The van der Waals surface area contributed by atoms with E-state index in [1.54, 1.807) is 0 Å². The third-order valence-corrected chi connectivity index (χ3v) is 2.16. The van der Waals surface area contributed by atoms with Gasteiger partial charge < -0.3 is 4.74 Å². The van der Waals surface area contributed by atoms with Crippen LogP contribution < -0.4 is 10.1 Å². The number of nitrogens with one attached hydrogen (secondary N) is 1. The van der Waals surface area contributed by atoms with E-state index in [1.807, 2.05) is 45.0 Å². The molecule has 1 N–H and O–H groups in total. The lowest BCUT2D eigenvalue weighted by Gasteiger charge is -2.17. The summed E-state index contributed by atoms with van der Waals surface area (Å²) in [6, 6.07) is 9.86. The van der Waals surface area contributed by atoms with E-state index in [2.05, 4.69) is 11.4 Å². The Labute approximate surface area is 97.0 Å². The molecule has 0 saturated heterocycles. The average molecular weight is 218 g/mol. The Bertz CT molecular complexity index is 368. The van der Waals surface area contributed by atoms with Crippen molar-refractivity contribution >= 4 is 0 Å². The van der Waals surface area contributed by atoms with Crippen LogP contribution in [0.2, 0.25) is 0 Å². The molecule has 0 amide bonds. The molecule has 0 spiro atoms. The molecule has 0 radical (unpaired) electrons. The smallest absolute Gasteiger partial charge is 0.125 e. The van der Waals surface area contributed by atoms with Crippen LogP contribution in [0.25, 0.3) is 0 Å². The second kappa shape index (κ2) is 6.14. The molecule has 1 aromatic rings. The number of hydrogen-bond donors (Lipinski definition) is 1. The maximum atomic E-state index is 9.15. The Hall–Kier alpha value is -1.53. The summed E-state index contributed by atoms with van der Waals surface area (Å²) in [5.74, 6) is 0.782. The molecule has 1 atom stereocenters. The number of ether oxygens (including phenoxy) is 1. The first-order valence-electron chi connectivity index (χ1n) is 5.56. The molecule has 1 aromatic carbocycles. The van der Waals surface area contributed by atoms with Crippen molar-refractivity contribution in [3.8, 4) is 11.8 Å². The lowest BCUT2D eigenvalue weighted by molar-refractivity contribution is 0.333. The largest absolute Gasteiger partial charge is 0.493 e. The third-order valence-electron chi connectivity index (χ3n) is 2.16. The van der Waals surface area contributed by atoms with Gasteiger partial charge in [-0.25, -0.2) is 0 Å². The summed E-state index contributed by atoms with van der Waals surface area (Å²) < 4.78 is 5.51. The minimum Gasteiger partial charge on any atom is -0.493 e. The second-order valence-electron chi connectivity index (χ2n) is 3.85. The Balaban J connectivity index is 2.95. The van der Waals surface area contributed by atoms with Gasteiger partial charge in [0, 0.05) is 11.6 Å². The summed E-state index contributed by atoms with van der Waals surface area (Å²) in [5, 5.41) is 12.4. The van der Waals surface area contributed by atoms with E-state index in [0.29, 0.717) is 6.61 Å². The predicted molar refractivity (Wildman–Crippen MR) is 64.2 cm³/mol. The van der Waals surface area contributed by atoms with Crippen LogP contribution in [0.15, 0.2) is 24.3 Å². The summed E-state index contributed by atoms with van der Waals surface area (Å²) >= 11 is 0. The van der Waals surface area contributed by atoms with Crippen LogP contribution >= 0.6 is 0 Å². The van der Waals surface area contributed by atoms with E-state index in [0.717, 1.165) is 11.3 Å². The van der Waals surface area contributed by atoms with Gasteiger partial charge in [-0.1, -0.05) is 18.2 Å². The van der Waals surface area contributed by atoms with Gasteiger partial charge in [0.1, 0.15) is 11.8 Å². The van der Waals surface area contributed by atoms with Crippen molar-refractivity contribution in [2.75, 3.05) is 6.61 Å². The molecule has 0 aliphatic rings. The molecule has 86 valence electrons. The Morgan fingerprint density at radius 1 is 1.38 bits per heavy atom. The second-order valence-corrected chi connectivity index (χ2v) is 3.85. The van der Waals surface area contributed by atoms with Gasteiger partial charge in [0.15, 0.2) is 0 Å². The number of hydrogen-bond acceptors (Lipinski definition) is 3. The molecule has 16 heavy (non-hydrogen) atoms. The molecule has 0 saturated carbocycles. The fourth-order valence-corrected chi connectivity index (χ4v) is 1.54. The molecule has 1 unspecified atom stereocenters. The molecule has 0 fully saturated rings. The molecule has 0 aliphatic carbocycles. The van der Waals surface area contributed by atoms with Crippen molar-refractivity contribution in [3.63, 3.8) is 0 Å². The van der Waals surface area contributed by atoms with Crippen LogP contribution in [0.3, 0.4) is 0 Å². The summed E-state index contributed by atoms with van der Waals surface area (Å²) in [6.45, 7) is 6.59. The third kappa shape index (κ3) is 3.25. The quantitative estimate of drug-likeness (QED) is 0.826. The lowest BCUT2D eigenvalue weighted by atomic mass is 10.1. The maximum Gasteiger partial charge on any atom is 0.125 e. The molecule has 3 heteroatoms. The molecule has 3 nitrogen and oxygen atoms in total. The van der Waals surface area contributed by atoms with Crippen LogP contribution in [0.4, 0.5) is 0 Å². The minimum absolute atomic E-state index is 0.263. The molecule has 0 heterocycles. The van der Waals surface area contributed by atoms with Crippen LogP contribution in [-0.4, -0.2) is 12.6 Å². The highest BCUT2D eigenvalue weighted by Gasteiger charge is 2.15. The monoisotopic (exact) mass is 218 g/mol. The van der Waals surface area contributed by atoms with E-state index < -0.39 is 0 Å². The van der Waals surface area contributed by atoms with Gasteiger partial charge in [-0.05, 0) is 26.8 Å². The van der Waals surface area contributed by atoms with Gasteiger partial charge in [0.2, 0.25) is 0 Å². The summed E-state index contributed by atoms with van der Waals surface area (Å²) in [4.78, 5) is 0. The maximum absolute atomic E-state index is 9.15. The van der Waals surface area contributed by atoms with Crippen molar-refractivity contribution in [2.45, 2.75) is 32.9 Å². The molecule has 0 bridgehead atoms. The van der Waals surface area contributed by atoms with Gasteiger partial charge in [0.05, 0.1) is 12.7 Å². The fraction of sp³-hybridized carbons (Fsp3) is 0.462. The van der Waals surface area contributed by atoms with Crippen LogP contribution in [0.1, 0.15) is 32.4 Å². The van der Waals surface area contributed by atoms with Crippen molar-refractivity contribution < 1.29 is 4.74 Å². The summed E-state index contributed by atoms with van der Waals surface area (Å²) in [7, 11) is 0. The lowest BCUT2D eigenvalue weighted by Crippen LogP contribution is -2.27. The summed E-state index contributed by atoms with van der Waals surface area (Å²) in [5.41, 5.74) is 0.903. The van der Waals surface area contributed by atoms with E-state index in [1.165, 1.54) is 0 Å². The molecule has 0 aromatic heterocycles. The SMILES string of the molecule is CCOc1ccccc1C(C#N)NC(C)C. The molecular weight excluding hydrogens is 200 g/mol. The van der Waals surface area contributed by atoms with Gasteiger partial charge in [-0.3, -0.25) is 5.32 Å². The number of rotatable bonds is 5. The Morgan fingerprint density at radius 3 is 2.62 bits per heavy atom. The van der Waals surface area contributed by atoms with Crippen molar-refractivity contribution in [3.05, 3.63) is 29.8 Å². The predicted octanol–water partition coefficient (Wildman–Crippen LogP) is 2.65. The van der Waals surface area contributed by atoms with Crippen molar-refractivity contribution in [2.24, 2.45) is 0 Å². The van der Waals surface area contributed by atoms with Crippen LogP contribution in [0.5, 0.6) is 5.75 Å². The molecule has 1 rings (SSSR count). The minimum atomic E-state index is -0.317. The first kappa shape index (κ1) is 12.5. The first-order valence-corrected chi connectivity index (χ1v) is 5.56. The highest BCUT2D eigenvalue weighted by molar-refractivity contribution is 5.38. The van der Waals surface area contributed by atoms with E-state index in [-0.39, 0.29) is 12.1 Å². The zero-order valence-corrected chi connectivity index (χ0v) is 10.0. The van der Waals surface area contributed by atoms with Crippen LogP contribution in [0, 0.1) is 11.3 Å². The normalized spacial score (nSPS) is 12.2. The molecular formula is C13H18N2O. The number of nitriles is 1. The highest BCUT2D eigenvalue weighted by Crippen LogP contribution is 2.24. The number of para-hydroxylation sites is 1. The first-order chi connectivity index (χ1) is 7.69. The highest BCUT2D eigenvalue weighted by atomic mass is 16.5. The van der Waals surface area contributed by atoms with Gasteiger partial charge in [-0.2, -0.15) is 5.26 Å².